The molecule has 0 fully saturated rings. The molecule has 0 aromatic rings. The number of carboxylic acid groups (broad SMARTS) is 1. The zero-order chi connectivity index (χ0) is 11.7. The van der Waals surface area contributed by atoms with Crippen LogP contribution >= 0.6 is 0 Å². The minimum absolute atomic E-state index is 0.329. The summed E-state index contributed by atoms with van der Waals surface area (Å²) < 4.78 is 0. The molecule has 0 aromatic carbocycles. The molecule has 2 heteroatoms. The van der Waals surface area contributed by atoms with Crippen molar-refractivity contribution in [3.63, 3.8) is 0 Å². The van der Waals surface area contributed by atoms with Gasteiger partial charge in [-0.25, -0.2) is 4.79 Å². The van der Waals surface area contributed by atoms with Gasteiger partial charge < -0.3 is 5.11 Å². The van der Waals surface area contributed by atoms with E-state index in [4.69, 9.17) is 5.11 Å². The van der Waals surface area contributed by atoms with Crippen molar-refractivity contribution >= 4 is 5.97 Å². The average molecular weight is 196 g/mol. The van der Waals surface area contributed by atoms with Gasteiger partial charge in [-0.3, -0.25) is 0 Å². The molecular formula is C12H20O2. The fourth-order valence-electron chi connectivity index (χ4n) is 0.464. The SMILES string of the molecule is C=C(C)/C(C)=C/C=C(\C)C(=O)O.CC. The highest BCUT2D eigenvalue weighted by Crippen LogP contribution is 2.05. The molecule has 0 aromatic heterocycles. The first-order chi connectivity index (χ1) is 6.45. The summed E-state index contributed by atoms with van der Waals surface area (Å²) in [6, 6.07) is 0. The summed E-state index contributed by atoms with van der Waals surface area (Å²) in [5.74, 6) is -0.888. The topological polar surface area (TPSA) is 37.3 Å². The lowest BCUT2D eigenvalue weighted by Gasteiger charge is -1.95. The van der Waals surface area contributed by atoms with Crippen LogP contribution in [0.1, 0.15) is 34.6 Å². The second-order valence-electron chi connectivity index (χ2n) is 2.78. The van der Waals surface area contributed by atoms with Crippen molar-refractivity contribution in [2.24, 2.45) is 0 Å². The van der Waals surface area contributed by atoms with Crippen LogP contribution in [0.25, 0.3) is 0 Å². The summed E-state index contributed by atoms with van der Waals surface area (Å²) in [4.78, 5) is 10.4. The van der Waals surface area contributed by atoms with E-state index in [1.807, 2.05) is 27.7 Å². The normalized spacial score (nSPS) is 11.5. The third-order valence-electron chi connectivity index (χ3n) is 1.59. The van der Waals surface area contributed by atoms with Crippen molar-refractivity contribution < 1.29 is 9.90 Å². The first-order valence-corrected chi connectivity index (χ1v) is 4.69. The van der Waals surface area contributed by atoms with Gasteiger partial charge in [0.15, 0.2) is 0 Å². The smallest absolute Gasteiger partial charge is 0.331 e. The summed E-state index contributed by atoms with van der Waals surface area (Å²) >= 11 is 0. The molecule has 0 amide bonds. The fourth-order valence-corrected chi connectivity index (χ4v) is 0.464. The van der Waals surface area contributed by atoms with E-state index >= 15 is 0 Å². The Kier molecular flexibility index (Phi) is 8.99. The van der Waals surface area contributed by atoms with Crippen molar-refractivity contribution in [3.05, 3.63) is 35.5 Å². The summed E-state index contributed by atoms with van der Waals surface area (Å²) in [7, 11) is 0. The molecule has 2 nitrogen and oxygen atoms in total. The van der Waals surface area contributed by atoms with E-state index in [-0.39, 0.29) is 0 Å². The quantitative estimate of drug-likeness (QED) is 0.553. The molecule has 80 valence electrons. The second-order valence-corrected chi connectivity index (χ2v) is 2.78. The van der Waals surface area contributed by atoms with Crippen molar-refractivity contribution in [2.45, 2.75) is 34.6 Å². The molecule has 0 bridgehead atoms. The van der Waals surface area contributed by atoms with Crippen LogP contribution in [-0.4, -0.2) is 11.1 Å². The number of hydrogen-bond donors (Lipinski definition) is 1. The highest BCUT2D eigenvalue weighted by Gasteiger charge is 1.96. The third-order valence-corrected chi connectivity index (χ3v) is 1.59. The maximum Gasteiger partial charge on any atom is 0.331 e. The Morgan fingerprint density at radius 1 is 1.07 bits per heavy atom. The van der Waals surface area contributed by atoms with Crippen LogP contribution in [0.2, 0.25) is 0 Å². The van der Waals surface area contributed by atoms with E-state index in [1.165, 1.54) is 0 Å². The van der Waals surface area contributed by atoms with Crippen LogP contribution in [0, 0.1) is 0 Å². The van der Waals surface area contributed by atoms with Crippen molar-refractivity contribution in [1.82, 2.24) is 0 Å². The summed E-state index contributed by atoms with van der Waals surface area (Å²) in [6.45, 7) is 13.1. The molecule has 0 atom stereocenters. The van der Waals surface area contributed by atoms with Crippen molar-refractivity contribution in [1.29, 1.82) is 0 Å². The predicted octanol–water partition coefficient (Wildman–Crippen LogP) is 3.57. The number of hydrogen-bond acceptors (Lipinski definition) is 1. The van der Waals surface area contributed by atoms with Crippen LogP contribution in [0.4, 0.5) is 0 Å². The molecule has 0 unspecified atom stereocenters. The van der Waals surface area contributed by atoms with Gasteiger partial charge in [-0.1, -0.05) is 38.2 Å². The molecule has 0 rings (SSSR count). The number of allylic oxidation sites excluding steroid dienone is 4. The molecule has 1 N–H and O–H groups in total. The number of rotatable bonds is 3. The van der Waals surface area contributed by atoms with Crippen LogP contribution < -0.4 is 0 Å². The summed E-state index contributed by atoms with van der Waals surface area (Å²) in [5, 5.41) is 8.51. The Morgan fingerprint density at radius 3 is 1.71 bits per heavy atom. The molecule has 0 heterocycles. The van der Waals surface area contributed by atoms with Crippen LogP contribution in [-0.2, 0) is 4.79 Å². The van der Waals surface area contributed by atoms with Crippen LogP contribution in [0.15, 0.2) is 35.5 Å². The Labute approximate surface area is 86.6 Å². The van der Waals surface area contributed by atoms with E-state index in [9.17, 15) is 4.79 Å². The maximum atomic E-state index is 10.4. The molecule has 14 heavy (non-hydrogen) atoms. The molecule has 0 saturated carbocycles. The molecular weight excluding hydrogens is 176 g/mol. The standard InChI is InChI=1S/C10H14O2.C2H6/c1-7(2)8(3)5-6-9(4)10(11)12;1-2/h5-6H,1H2,2-4H3,(H,11,12);1-2H3/b8-5+,9-6+;. The second kappa shape index (κ2) is 8.30. The minimum Gasteiger partial charge on any atom is -0.478 e. The largest absolute Gasteiger partial charge is 0.478 e. The maximum absolute atomic E-state index is 10.4. The summed E-state index contributed by atoms with van der Waals surface area (Å²) in [5.41, 5.74) is 2.27. The van der Waals surface area contributed by atoms with Gasteiger partial charge in [-0.15, -0.1) is 0 Å². The Bertz CT molecular complexity index is 229. The van der Waals surface area contributed by atoms with E-state index in [0.29, 0.717) is 5.57 Å². The number of carbonyl (C=O) groups is 1. The Hall–Kier alpha value is -1.31. The van der Waals surface area contributed by atoms with Gasteiger partial charge in [-0.05, 0) is 26.3 Å². The van der Waals surface area contributed by atoms with Crippen molar-refractivity contribution in [3.8, 4) is 0 Å². The summed E-state index contributed by atoms with van der Waals surface area (Å²) in [6.07, 6.45) is 3.33. The molecule has 0 aliphatic carbocycles. The molecule has 0 spiro atoms. The van der Waals surface area contributed by atoms with Gasteiger partial charge in [0.2, 0.25) is 0 Å². The highest BCUT2D eigenvalue weighted by atomic mass is 16.4. The number of carboxylic acids is 1. The monoisotopic (exact) mass is 196 g/mol. The van der Waals surface area contributed by atoms with Crippen LogP contribution in [0.3, 0.4) is 0 Å². The van der Waals surface area contributed by atoms with Gasteiger partial charge in [0, 0.05) is 5.57 Å². The van der Waals surface area contributed by atoms with E-state index in [0.717, 1.165) is 11.1 Å². The van der Waals surface area contributed by atoms with Gasteiger partial charge in [0.25, 0.3) is 0 Å². The fraction of sp³-hybridized carbons (Fsp3) is 0.417. The lowest BCUT2D eigenvalue weighted by atomic mass is 10.1. The zero-order valence-corrected chi connectivity index (χ0v) is 9.72. The Morgan fingerprint density at radius 2 is 1.43 bits per heavy atom. The first-order valence-electron chi connectivity index (χ1n) is 4.69. The zero-order valence-electron chi connectivity index (χ0n) is 9.72. The van der Waals surface area contributed by atoms with Gasteiger partial charge in [0.1, 0.15) is 0 Å². The van der Waals surface area contributed by atoms with Gasteiger partial charge in [-0.2, -0.15) is 0 Å². The third kappa shape index (κ3) is 7.35. The molecule has 0 aliphatic rings. The van der Waals surface area contributed by atoms with E-state index < -0.39 is 5.97 Å². The van der Waals surface area contributed by atoms with Crippen molar-refractivity contribution in [2.75, 3.05) is 0 Å². The van der Waals surface area contributed by atoms with E-state index in [2.05, 4.69) is 6.58 Å². The van der Waals surface area contributed by atoms with E-state index in [1.54, 1.807) is 19.1 Å². The average Bonchev–Trinajstić information content (AvgIpc) is 2.16. The van der Waals surface area contributed by atoms with Gasteiger partial charge in [0.05, 0.1) is 0 Å². The first kappa shape index (κ1) is 15.2. The molecule has 0 radical (unpaired) electrons. The molecule has 0 saturated heterocycles. The Balaban J connectivity index is 0. The van der Waals surface area contributed by atoms with Crippen LogP contribution in [0.5, 0.6) is 0 Å². The van der Waals surface area contributed by atoms with Gasteiger partial charge >= 0.3 is 5.97 Å². The molecule has 0 aliphatic heterocycles. The lowest BCUT2D eigenvalue weighted by molar-refractivity contribution is -0.132. The highest BCUT2D eigenvalue weighted by molar-refractivity contribution is 5.86. The number of aliphatic carboxylic acids is 1. The minimum atomic E-state index is -0.888. The lowest BCUT2D eigenvalue weighted by Crippen LogP contribution is -1.94. The predicted molar refractivity (Wildman–Crippen MR) is 61.3 cm³/mol.